The van der Waals surface area contributed by atoms with Crippen molar-refractivity contribution in [1.82, 2.24) is 30.8 Å². The molecule has 7 nitrogen and oxygen atoms in total. The quantitative estimate of drug-likeness (QED) is 0.789. The zero-order valence-electron chi connectivity index (χ0n) is 14.7. The maximum atomic E-state index is 13.5. The van der Waals surface area contributed by atoms with Gasteiger partial charge in [-0.1, -0.05) is 12.1 Å². The number of carbonyl (C=O) groups excluding carboxylic acids is 1. The first-order valence-corrected chi connectivity index (χ1v) is 8.61. The molecule has 2 aromatic rings. The van der Waals surface area contributed by atoms with Crippen molar-refractivity contribution in [1.29, 1.82) is 0 Å². The van der Waals surface area contributed by atoms with Crippen LogP contribution in [0.3, 0.4) is 0 Å². The van der Waals surface area contributed by atoms with E-state index in [0.717, 1.165) is 31.5 Å². The molecule has 0 radical (unpaired) electrons. The smallest absolute Gasteiger partial charge is 0.245 e. The highest BCUT2D eigenvalue weighted by atomic mass is 35.5. The molecule has 1 saturated heterocycles. The lowest BCUT2D eigenvalue weighted by atomic mass is 9.99. The number of nitrogens with one attached hydrogen (secondary N) is 2. The average Bonchev–Trinajstić information content (AvgIpc) is 3.04. The number of halogens is 2. The van der Waals surface area contributed by atoms with Crippen LogP contribution in [-0.2, 0) is 11.2 Å². The van der Waals surface area contributed by atoms with Crippen LogP contribution in [0.1, 0.15) is 30.3 Å². The molecule has 142 valence electrons. The van der Waals surface area contributed by atoms with Crippen molar-refractivity contribution < 1.29 is 9.18 Å². The Morgan fingerprint density at radius 1 is 1.50 bits per heavy atom. The number of amides is 1. The van der Waals surface area contributed by atoms with E-state index in [4.69, 9.17) is 0 Å². The van der Waals surface area contributed by atoms with E-state index in [-0.39, 0.29) is 24.1 Å². The molecule has 3 rings (SSSR count). The molecule has 0 bridgehead atoms. The normalized spacial score (nSPS) is 18.0. The van der Waals surface area contributed by atoms with Crippen LogP contribution >= 0.6 is 12.4 Å². The Labute approximate surface area is 158 Å². The second-order valence-corrected chi connectivity index (χ2v) is 6.48. The van der Waals surface area contributed by atoms with Crippen LogP contribution in [-0.4, -0.2) is 45.7 Å². The Kier molecular flexibility index (Phi) is 7.47. The lowest BCUT2D eigenvalue weighted by molar-refractivity contribution is -0.124. The SMILES string of the molecule is Cc1nnnn1C(Cc1cccc(F)c1)C(=O)NCC1CCCNC1.Cl. The van der Waals surface area contributed by atoms with Gasteiger partial charge in [0.15, 0.2) is 0 Å². The topological polar surface area (TPSA) is 84.7 Å². The minimum Gasteiger partial charge on any atom is -0.354 e. The van der Waals surface area contributed by atoms with E-state index in [9.17, 15) is 9.18 Å². The summed E-state index contributed by atoms with van der Waals surface area (Å²) in [6, 6.07) is 5.66. The Hall–Kier alpha value is -2.06. The molecule has 1 amide bonds. The number of piperidine rings is 1. The second-order valence-electron chi connectivity index (χ2n) is 6.48. The Balaban J connectivity index is 0.00000243. The van der Waals surface area contributed by atoms with Crippen molar-refractivity contribution in [2.24, 2.45) is 5.92 Å². The summed E-state index contributed by atoms with van der Waals surface area (Å²) in [4.78, 5) is 12.8. The van der Waals surface area contributed by atoms with E-state index in [2.05, 4.69) is 26.2 Å². The molecule has 1 aliphatic heterocycles. The van der Waals surface area contributed by atoms with Gasteiger partial charge < -0.3 is 10.6 Å². The lowest BCUT2D eigenvalue weighted by Gasteiger charge is -2.24. The van der Waals surface area contributed by atoms with Gasteiger partial charge >= 0.3 is 0 Å². The van der Waals surface area contributed by atoms with Gasteiger partial charge in [-0.25, -0.2) is 9.07 Å². The molecule has 2 unspecified atom stereocenters. The van der Waals surface area contributed by atoms with Crippen LogP contribution in [0.25, 0.3) is 0 Å². The van der Waals surface area contributed by atoms with E-state index in [1.807, 2.05) is 0 Å². The van der Waals surface area contributed by atoms with Gasteiger partial charge in [0, 0.05) is 13.0 Å². The third kappa shape index (κ3) is 5.22. The maximum absolute atomic E-state index is 13.5. The molecular weight excluding hydrogens is 359 g/mol. The fraction of sp³-hybridized carbons (Fsp3) is 0.529. The molecule has 0 spiro atoms. The lowest BCUT2D eigenvalue weighted by Crippen LogP contribution is -2.41. The summed E-state index contributed by atoms with van der Waals surface area (Å²) >= 11 is 0. The fourth-order valence-electron chi connectivity index (χ4n) is 3.16. The van der Waals surface area contributed by atoms with Gasteiger partial charge in [-0.15, -0.1) is 17.5 Å². The molecule has 2 atom stereocenters. The van der Waals surface area contributed by atoms with E-state index in [0.29, 0.717) is 24.7 Å². The molecule has 2 heterocycles. The van der Waals surface area contributed by atoms with Gasteiger partial charge in [0.2, 0.25) is 5.91 Å². The molecule has 1 aromatic carbocycles. The molecule has 9 heteroatoms. The number of aryl methyl sites for hydroxylation is 1. The number of hydrogen-bond acceptors (Lipinski definition) is 5. The predicted molar refractivity (Wildman–Crippen MR) is 97.5 cm³/mol. The van der Waals surface area contributed by atoms with Crippen molar-refractivity contribution in [2.45, 2.75) is 32.2 Å². The van der Waals surface area contributed by atoms with Gasteiger partial charge in [0.25, 0.3) is 0 Å². The first-order valence-electron chi connectivity index (χ1n) is 8.61. The summed E-state index contributed by atoms with van der Waals surface area (Å²) < 4.78 is 15.0. The first-order chi connectivity index (χ1) is 12.1. The van der Waals surface area contributed by atoms with Gasteiger partial charge in [-0.2, -0.15) is 0 Å². The summed E-state index contributed by atoms with van der Waals surface area (Å²) in [6.07, 6.45) is 2.56. The second kappa shape index (κ2) is 9.59. The van der Waals surface area contributed by atoms with Crippen LogP contribution < -0.4 is 10.6 Å². The Morgan fingerprint density at radius 3 is 3.00 bits per heavy atom. The summed E-state index contributed by atoms with van der Waals surface area (Å²) in [5.74, 6) is 0.516. The van der Waals surface area contributed by atoms with Crippen LogP contribution in [0.4, 0.5) is 4.39 Å². The van der Waals surface area contributed by atoms with Crippen LogP contribution in [0.5, 0.6) is 0 Å². The van der Waals surface area contributed by atoms with Gasteiger partial charge in [0.1, 0.15) is 17.7 Å². The number of hydrogen-bond donors (Lipinski definition) is 2. The third-order valence-corrected chi connectivity index (χ3v) is 4.54. The van der Waals surface area contributed by atoms with Crippen LogP contribution in [0, 0.1) is 18.7 Å². The van der Waals surface area contributed by atoms with Crippen molar-refractivity contribution in [3.63, 3.8) is 0 Å². The van der Waals surface area contributed by atoms with Crippen LogP contribution in [0.2, 0.25) is 0 Å². The maximum Gasteiger partial charge on any atom is 0.245 e. The van der Waals surface area contributed by atoms with E-state index >= 15 is 0 Å². The zero-order chi connectivity index (χ0) is 17.6. The van der Waals surface area contributed by atoms with E-state index < -0.39 is 6.04 Å². The molecule has 0 saturated carbocycles. The largest absolute Gasteiger partial charge is 0.354 e. The number of tetrazole rings is 1. The molecule has 1 fully saturated rings. The zero-order valence-corrected chi connectivity index (χ0v) is 15.5. The highest BCUT2D eigenvalue weighted by Gasteiger charge is 2.25. The summed E-state index contributed by atoms with van der Waals surface area (Å²) in [7, 11) is 0. The highest BCUT2D eigenvalue weighted by molar-refractivity contribution is 5.85. The monoisotopic (exact) mass is 382 g/mol. The molecule has 1 aliphatic rings. The number of aromatic nitrogens is 4. The Morgan fingerprint density at radius 2 is 2.35 bits per heavy atom. The van der Waals surface area contributed by atoms with Crippen LogP contribution in [0.15, 0.2) is 24.3 Å². The van der Waals surface area contributed by atoms with Crippen molar-refractivity contribution in [3.05, 3.63) is 41.5 Å². The molecular formula is C17H24ClFN6O. The number of rotatable bonds is 6. The molecule has 0 aliphatic carbocycles. The van der Waals surface area contributed by atoms with Crippen molar-refractivity contribution in [3.8, 4) is 0 Å². The standard InChI is InChI=1S/C17H23FN6O.ClH/c1-12-21-22-23-24(12)16(9-13-4-2-6-15(18)8-13)17(25)20-11-14-5-3-7-19-10-14;/h2,4,6,8,14,16,19H,3,5,7,9-11H2,1H3,(H,20,25);1H. The van der Waals surface area contributed by atoms with Crippen molar-refractivity contribution in [2.75, 3.05) is 19.6 Å². The molecule has 1 aromatic heterocycles. The van der Waals surface area contributed by atoms with E-state index in [1.54, 1.807) is 19.1 Å². The minimum atomic E-state index is -0.603. The first kappa shape index (κ1) is 20.3. The average molecular weight is 383 g/mol. The summed E-state index contributed by atoms with van der Waals surface area (Å²) in [5.41, 5.74) is 0.731. The number of nitrogens with zero attached hydrogens (tertiary/aromatic N) is 4. The number of carbonyl (C=O) groups is 1. The van der Waals surface area contributed by atoms with Gasteiger partial charge in [0.05, 0.1) is 0 Å². The summed E-state index contributed by atoms with van der Waals surface area (Å²) in [6.45, 7) is 4.32. The fourth-order valence-corrected chi connectivity index (χ4v) is 3.16. The van der Waals surface area contributed by atoms with Gasteiger partial charge in [-0.05, 0) is 66.9 Å². The van der Waals surface area contributed by atoms with Crippen molar-refractivity contribution >= 4 is 18.3 Å². The highest BCUT2D eigenvalue weighted by Crippen LogP contribution is 2.17. The number of benzene rings is 1. The Bertz CT molecular complexity index is 719. The minimum absolute atomic E-state index is 0. The van der Waals surface area contributed by atoms with E-state index in [1.165, 1.54) is 16.8 Å². The predicted octanol–water partition coefficient (Wildman–Crippen LogP) is 1.44. The molecule has 26 heavy (non-hydrogen) atoms. The summed E-state index contributed by atoms with van der Waals surface area (Å²) in [5, 5.41) is 17.8. The van der Waals surface area contributed by atoms with Gasteiger partial charge in [-0.3, -0.25) is 4.79 Å². The molecule has 2 N–H and O–H groups in total. The third-order valence-electron chi connectivity index (χ3n) is 4.54.